The second-order valence-electron chi connectivity index (χ2n) is 3.93. The summed E-state index contributed by atoms with van der Waals surface area (Å²) in [7, 11) is 1.45. The molecule has 0 saturated carbocycles. The van der Waals surface area contributed by atoms with E-state index in [0.29, 0.717) is 22.2 Å². The number of amides is 1. The third kappa shape index (κ3) is 3.80. The molecule has 0 aromatic heterocycles. The number of hydrogen-bond donors (Lipinski definition) is 1. The van der Waals surface area contributed by atoms with E-state index >= 15 is 0 Å². The van der Waals surface area contributed by atoms with Crippen LogP contribution in [0.15, 0.2) is 16.6 Å². The average molecular weight is 344 g/mol. The molecule has 0 aliphatic carbocycles. The van der Waals surface area contributed by atoms with Crippen LogP contribution in [0.1, 0.15) is 29.3 Å². The third-order valence-electron chi connectivity index (χ3n) is 2.51. The van der Waals surface area contributed by atoms with Gasteiger partial charge in [-0.25, -0.2) is 9.59 Å². The van der Waals surface area contributed by atoms with Gasteiger partial charge in [0.25, 0.3) is 0 Å². The largest absolute Gasteiger partial charge is 0.497 e. The van der Waals surface area contributed by atoms with E-state index in [0.717, 1.165) is 6.42 Å². The van der Waals surface area contributed by atoms with Gasteiger partial charge in [-0.2, -0.15) is 0 Å². The van der Waals surface area contributed by atoms with Crippen LogP contribution >= 0.6 is 15.9 Å². The lowest BCUT2D eigenvalue weighted by molar-refractivity contribution is -0.149. The molecule has 20 heavy (non-hydrogen) atoms. The lowest BCUT2D eigenvalue weighted by atomic mass is 10.0. The van der Waals surface area contributed by atoms with Gasteiger partial charge in [-0.3, -0.25) is 4.79 Å². The summed E-state index contributed by atoms with van der Waals surface area (Å²) < 4.78 is 10.1. The Morgan fingerprint density at radius 1 is 1.30 bits per heavy atom. The first-order valence-corrected chi connectivity index (χ1v) is 6.62. The number of carbonyl (C=O) groups is 3. The molecule has 1 aromatic rings. The van der Waals surface area contributed by atoms with Crippen LogP contribution in [0.4, 0.5) is 0 Å². The van der Waals surface area contributed by atoms with Crippen molar-refractivity contribution in [3.8, 4) is 5.75 Å². The number of benzene rings is 1. The van der Waals surface area contributed by atoms with Crippen LogP contribution in [0.25, 0.3) is 0 Å². The maximum absolute atomic E-state index is 11.9. The number of halogens is 1. The zero-order valence-electron chi connectivity index (χ0n) is 11.1. The van der Waals surface area contributed by atoms with Crippen molar-refractivity contribution >= 4 is 33.8 Å². The minimum absolute atomic E-state index is 0.160. The van der Waals surface area contributed by atoms with Crippen LogP contribution in [0.2, 0.25) is 0 Å². The monoisotopic (exact) mass is 343 g/mol. The summed E-state index contributed by atoms with van der Waals surface area (Å²) in [4.78, 5) is 33.7. The standard InChI is InChI=1S/C13H14BrNO5/c1-3-4-8-9(5-7(19-2)6-10(8)14)12(17)20-13(18)11(15)16/h5-6H,3-4H2,1-2H3,(H2,15,16). The van der Waals surface area contributed by atoms with Gasteiger partial charge in [0, 0.05) is 4.47 Å². The molecule has 0 atom stereocenters. The normalized spacial score (nSPS) is 9.95. The Hall–Kier alpha value is -1.89. The fourth-order valence-corrected chi connectivity index (χ4v) is 2.24. The van der Waals surface area contributed by atoms with E-state index in [1.54, 1.807) is 6.07 Å². The van der Waals surface area contributed by atoms with Crippen LogP contribution in [-0.2, 0) is 20.7 Å². The summed E-state index contributed by atoms with van der Waals surface area (Å²) >= 11 is 3.34. The molecular weight excluding hydrogens is 330 g/mol. The molecule has 108 valence electrons. The van der Waals surface area contributed by atoms with Gasteiger partial charge < -0.3 is 15.2 Å². The Bertz CT molecular complexity index is 556. The number of hydrogen-bond acceptors (Lipinski definition) is 5. The molecule has 1 amide bonds. The predicted octanol–water partition coefficient (Wildman–Crippen LogP) is 1.58. The van der Waals surface area contributed by atoms with Gasteiger partial charge in [-0.05, 0) is 24.1 Å². The van der Waals surface area contributed by atoms with Crippen molar-refractivity contribution < 1.29 is 23.9 Å². The van der Waals surface area contributed by atoms with Crippen molar-refractivity contribution in [2.75, 3.05) is 7.11 Å². The Kier molecular flexibility index (Phi) is 5.69. The second kappa shape index (κ2) is 7.04. The van der Waals surface area contributed by atoms with E-state index in [1.165, 1.54) is 13.2 Å². The van der Waals surface area contributed by atoms with Gasteiger partial charge in [-0.1, -0.05) is 29.3 Å². The maximum atomic E-state index is 11.9. The van der Waals surface area contributed by atoms with Gasteiger partial charge in [-0.15, -0.1) is 0 Å². The molecule has 7 heteroatoms. The first-order chi connectivity index (χ1) is 9.40. The average Bonchev–Trinajstić information content (AvgIpc) is 2.40. The summed E-state index contributed by atoms with van der Waals surface area (Å²) in [6, 6.07) is 3.16. The Labute approximate surface area is 124 Å². The quantitative estimate of drug-likeness (QED) is 0.508. The molecule has 0 radical (unpaired) electrons. The van der Waals surface area contributed by atoms with Gasteiger partial charge in [0.1, 0.15) is 5.75 Å². The van der Waals surface area contributed by atoms with Crippen molar-refractivity contribution in [3.63, 3.8) is 0 Å². The third-order valence-corrected chi connectivity index (χ3v) is 3.22. The number of methoxy groups -OCH3 is 1. The number of primary amides is 1. The topological polar surface area (TPSA) is 95.7 Å². The molecule has 6 nitrogen and oxygen atoms in total. The molecule has 0 spiro atoms. The summed E-state index contributed by atoms with van der Waals surface area (Å²) in [5.41, 5.74) is 5.58. The first kappa shape index (κ1) is 16.2. The SMILES string of the molecule is CCCc1c(Br)cc(OC)cc1C(=O)OC(=O)C(N)=O. The molecule has 2 N–H and O–H groups in total. The maximum Gasteiger partial charge on any atom is 0.404 e. The lowest BCUT2D eigenvalue weighted by Gasteiger charge is -2.12. The second-order valence-corrected chi connectivity index (χ2v) is 4.78. The Balaban J connectivity index is 3.19. The van der Waals surface area contributed by atoms with E-state index < -0.39 is 17.8 Å². The lowest BCUT2D eigenvalue weighted by Crippen LogP contribution is -2.28. The van der Waals surface area contributed by atoms with Crippen LogP contribution < -0.4 is 10.5 Å². The first-order valence-electron chi connectivity index (χ1n) is 5.83. The van der Waals surface area contributed by atoms with Gasteiger partial charge in [0.15, 0.2) is 0 Å². The van der Waals surface area contributed by atoms with Crippen LogP contribution in [0.3, 0.4) is 0 Å². The van der Waals surface area contributed by atoms with E-state index in [9.17, 15) is 14.4 Å². The van der Waals surface area contributed by atoms with E-state index in [1.807, 2.05) is 6.92 Å². The summed E-state index contributed by atoms with van der Waals surface area (Å²) in [5.74, 6) is -3.22. The molecule has 0 heterocycles. The van der Waals surface area contributed by atoms with Crippen molar-refractivity contribution in [3.05, 3.63) is 27.7 Å². The Morgan fingerprint density at radius 2 is 1.95 bits per heavy atom. The summed E-state index contributed by atoms with van der Waals surface area (Å²) in [6.07, 6.45) is 1.38. The zero-order valence-corrected chi connectivity index (χ0v) is 12.7. The highest BCUT2D eigenvalue weighted by atomic mass is 79.9. The van der Waals surface area contributed by atoms with Crippen molar-refractivity contribution in [2.24, 2.45) is 5.73 Å². The molecular formula is C13H14BrNO5. The Morgan fingerprint density at radius 3 is 2.45 bits per heavy atom. The van der Waals surface area contributed by atoms with Crippen molar-refractivity contribution in [1.82, 2.24) is 0 Å². The fourth-order valence-electron chi connectivity index (χ4n) is 1.61. The minimum Gasteiger partial charge on any atom is -0.497 e. The van der Waals surface area contributed by atoms with Crippen molar-refractivity contribution in [1.29, 1.82) is 0 Å². The number of nitrogens with two attached hydrogens (primary N) is 1. The van der Waals surface area contributed by atoms with Crippen LogP contribution in [0.5, 0.6) is 5.75 Å². The molecule has 1 rings (SSSR count). The molecule has 1 aromatic carbocycles. The smallest absolute Gasteiger partial charge is 0.404 e. The fraction of sp³-hybridized carbons (Fsp3) is 0.308. The van der Waals surface area contributed by atoms with Crippen molar-refractivity contribution in [2.45, 2.75) is 19.8 Å². The molecule has 0 bridgehead atoms. The number of esters is 2. The number of ether oxygens (including phenoxy) is 2. The van der Waals surface area contributed by atoms with Crippen LogP contribution in [0, 0.1) is 0 Å². The number of rotatable bonds is 4. The molecule has 0 aliphatic rings. The highest BCUT2D eigenvalue weighted by Crippen LogP contribution is 2.28. The van der Waals surface area contributed by atoms with E-state index in [2.05, 4.69) is 20.7 Å². The van der Waals surface area contributed by atoms with Gasteiger partial charge >= 0.3 is 17.8 Å². The highest BCUT2D eigenvalue weighted by molar-refractivity contribution is 9.10. The highest BCUT2D eigenvalue weighted by Gasteiger charge is 2.22. The molecule has 0 fully saturated rings. The van der Waals surface area contributed by atoms with Crippen LogP contribution in [-0.4, -0.2) is 25.0 Å². The zero-order chi connectivity index (χ0) is 15.3. The molecule has 0 saturated heterocycles. The number of carbonyl (C=O) groups excluding carboxylic acids is 3. The summed E-state index contributed by atoms with van der Waals surface area (Å²) in [5, 5.41) is 0. The van der Waals surface area contributed by atoms with Gasteiger partial charge in [0.05, 0.1) is 12.7 Å². The van der Waals surface area contributed by atoms with E-state index in [4.69, 9.17) is 10.5 Å². The van der Waals surface area contributed by atoms with Gasteiger partial charge in [0.2, 0.25) is 0 Å². The molecule has 0 aliphatic heterocycles. The molecule has 0 unspecified atom stereocenters. The predicted molar refractivity (Wildman–Crippen MR) is 74.3 cm³/mol. The van der Waals surface area contributed by atoms with E-state index in [-0.39, 0.29) is 5.56 Å². The minimum atomic E-state index is -1.39. The summed E-state index contributed by atoms with van der Waals surface area (Å²) in [6.45, 7) is 1.94.